The number of nitrogens with zero attached hydrogens (tertiary/aromatic N) is 1. The zero-order chi connectivity index (χ0) is 15.3. The molecule has 1 aromatic carbocycles. The molecule has 7 nitrogen and oxygen atoms in total. The lowest BCUT2D eigenvalue weighted by Crippen LogP contribution is -2.47. The average molecular weight is 302 g/mol. The zero-order valence-electron chi connectivity index (χ0n) is 11.4. The number of benzene rings is 1. The Balaban J connectivity index is 3.13. The topological polar surface area (TPSA) is 116 Å². The maximum atomic E-state index is 10.9. The summed E-state index contributed by atoms with van der Waals surface area (Å²) in [7, 11) is -3.10. The summed E-state index contributed by atoms with van der Waals surface area (Å²) in [5.74, 6) is 0. The van der Waals surface area contributed by atoms with Crippen LogP contribution in [-0.2, 0) is 14.6 Å². The summed E-state index contributed by atoms with van der Waals surface area (Å²) in [6.07, 6.45) is 0.293. The number of non-ortho nitro benzene ring substituents is 1. The van der Waals surface area contributed by atoms with Gasteiger partial charge in [-0.3, -0.25) is 14.7 Å². The van der Waals surface area contributed by atoms with E-state index in [1.807, 2.05) is 6.92 Å². The number of hydrogen-bond acceptors (Lipinski definition) is 5. The van der Waals surface area contributed by atoms with Crippen molar-refractivity contribution >= 4 is 13.9 Å². The lowest BCUT2D eigenvalue weighted by Gasteiger charge is -2.35. The van der Waals surface area contributed by atoms with E-state index in [0.29, 0.717) is 18.4 Å². The molecule has 0 aliphatic heterocycles. The fraction of sp³-hybridized carbons (Fsp3) is 0.500. The van der Waals surface area contributed by atoms with Crippen LogP contribution in [-0.4, -0.2) is 15.9 Å². The van der Waals surface area contributed by atoms with E-state index in [9.17, 15) is 14.7 Å². The van der Waals surface area contributed by atoms with Crippen LogP contribution < -0.4 is 5.73 Å². The van der Waals surface area contributed by atoms with E-state index in [1.165, 1.54) is 12.1 Å². The largest absolute Gasteiger partial charge is 0.326 e. The van der Waals surface area contributed by atoms with Crippen molar-refractivity contribution in [2.75, 3.05) is 0 Å². The molecule has 0 aromatic heterocycles. The molecule has 3 unspecified atom stereocenters. The minimum Gasteiger partial charge on any atom is -0.326 e. The van der Waals surface area contributed by atoms with Gasteiger partial charge in [-0.05, 0) is 18.4 Å². The first-order valence-electron chi connectivity index (χ1n) is 6.28. The van der Waals surface area contributed by atoms with Gasteiger partial charge in [-0.1, -0.05) is 26.0 Å². The molecule has 3 N–H and O–H groups in total. The van der Waals surface area contributed by atoms with Crippen LogP contribution in [0.2, 0.25) is 0 Å². The Morgan fingerprint density at radius 2 is 2.00 bits per heavy atom. The van der Waals surface area contributed by atoms with Crippen LogP contribution in [0.3, 0.4) is 0 Å². The third kappa shape index (κ3) is 3.64. The standard InChI is InChI=1S/C12H19N2O5P/c1-3-11(19-20(17)18)12(13,4-2)9-5-7-10(8-6-9)14(15)16/h5-8,11,20H,3-4,13H2,1-2H3,(H,17,18). The number of hydrogen-bond donors (Lipinski definition) is 2. The first kappa shape index (κ1) is 16.8. The Morgan fingerprint density at radius 1 is 1.45 bits per heavy atom. The molecule has 20 heavy (non-hydrogen) atoms. The van der Waals surface area contributed by atoms with Gasteiger partial charge in [-0.2, -0.15) is 0 Å². The Bertz CT molecular complexity index is 493. The van der Waals surface area contributed by atoms with E-state index >= 15 is 0 Å². The summed E-state index contributed by atoms with van der Waals surface area (Å²) in [4.78, 5) is 19.1. The van der Waals surface area contributed by atoms with Gasteiger partial charge in [0, 0.05) is 12.1 Å². The van der Waals surface area contributed by atoms with E-state index in [1.54, 1.807) is 19.1 Å². The van der Waals surface area contributed by atoms with Crippen molar-refractivity contribution in [2.45, 2.75) is 38.3 Å². The van der Waals surface area contributed by atoms with E-state index < -0.39 is 24.8 Å². The van der Waals surface area contributed by atoms with E-state index in [4.69, 9.17) is 15.2 Å². The second-order valence-corrected chi connectivity index (χ2v) is 5.25. The van der Waals surface area contributed by atoms with Crippen LogP contribution in [0.1, 0.15) is 32.3 Å². The third-order valence-electron chi connectivity index (χ3n) is 3.39. The van der Waals surface area contributed by atoms with Gasteiger partial charge in [0.15, 0.2) is 0 Å². The summed E-state index contributed by atoms with van der Waals surface area (Å²) in [5, 5.41) is 10.6. The minimum absolute atomic E-state index is 0.0306. The zero-order valence-corrected chi connectivity index (χ0v) is 12.4. The highest BCUT2D eigenvalue weighted by Gasteiger charge is 2.36. The van der Waals surface area contributed by atoms with Crippen molar-refractivity contribution in [1.82, 2.24) is 0 Å². The van der Waals surface area contributed by atoms with Crippen molar-refractivity contribution < 1.29 is 18.9 Å². The molecule has 0 aliphatic carbocycles. The SMILES string of the molecule is CCC(O[PH](=O)O)C(N)(CC)c1ccc([N+](=O)[O-])cc1. The fourth-order valence-electron chi connectivity index (χ4n) is 2.19. The molecular weight excluding hydrogens is 283 g/mol. The molecule has 0 fully saturated rings. The quantitative estimate of drug-likeness (QED) is 0.453. The van der Waals surface area contributed by atoms with Crippen molar-refractivity contribution in [1.29, 1.82) is 0 Å². The van der Waals surface area contributed by atoms with Crippen LogP contribution in [0.15, 0.2) is 24.3 Å². The summed E-state index contributed by atoms with van der Waals surface area (Å²) >= 11 is 0. The smallest absolute Gasteiger partial charge is 0.316 e. The van der Waals surface area contributed by atoms with Crippen molar-refractivity contribution in [3.8, 4) is 0 Å². The lowest BCUT2D eigenvalue weighted by atomic mass is 9.82. The second-order valence-electron chi connectivity index (χ2n) is 4.48. The normalized spacial score (nSPS) is 17.2. The molecule has 0 saturated carbocycles. The van der Waals surface area contributed by atoms with Gasteiger partial charge in [-0.15, -0.1) is 0 Å². The molecule has 0 aliphatic rings. The maximum absolute atomic E-state index is 10.9. The van der Waals surface area contributed by atoms with Gasteiger partial charge in [0.1, 0.15) is 0 Å². The van der Waals surface area contributed by atoms with E-state index in [2.05, 4.69) is 0 Å². The summed E-state index contributed by atoms with van der Waals surface area (Å²) in [5.41, 5.74) is 5.96. The Kier molecular flexibility index (Phi) is 5.83. The van der Waals surface area contributed by atoms with Crippen molar-refractivity contribution in [2.24, 2.45) is 5.73 Å². The summed E-state index contributed by atoms with van der Waals surface area (Å²) < 4.78 is 16.0. The number of nitro groups is 1. The molecule has 0 bridgehead atoms. The lowest BCUT2D eigenvalue weighted by molar-refractivity contribution is -0.384. The van der Waals surface area contributed by atoms with Crippen LogP contribution in [0, 0.1) is 10.1 Å². The van der Waals surface area contributed by atoms with E-state index in [-0.39, 0.29) is 5.69 Å². The van der Waals surface area contributed by atoms with Crippen LogP contribution in [0.5, 0.6) is 0 Å². The first-order valence-corrected chi connectivity index (χ1v) is 7.54. The molecule has 0 saturated heterocycles. The van der Waals surface area contributed by atoms with Gasteiger partial charge in [0.25, 0.3) is 5.69 Å². The number of rotatable bonds is 7. The summed E-state index contributed by atoms with van der Waals surface area (Å²) in [6, 6.07) is 5.84. The highest BCUT2D eigenvalue weighted by molar-refractivity contribution is 7.32. The summed E-state index contributed by atoms with van der Waals surface area (Å²) in [6.45, 7) is 3.64. The van der Waals surface area contributed by atoms with Gasteiger partial charge in [0.05, 0.1) is 16.6 Å². The highest BCUT2D eigenvalue weighted by Crippen LogP contribution is 2.35. The molecule has 112 valence electrons. The van der Waals surface area contributed by atoms with Gasteiger partial charge >= 0.3 is 8.25 Å². The highest BCUT2D eigenvalue weighted by atomic mass is 31.1. The Labute approximate surface area is 117 Å². The number of nitro benzene ring substituents is 1. The molecule has 1 aromatic rings. The maximum Gasteiger partial charge on any atom is 0.316 e. The van der Waals surface area contributed by atoms with Gasteiger partial charge in [0.2, 0.25) is 0 Å². The first-order chi connectivity index (χ1) is 9.35. The van der Waals surface area contributed by atoms with E-state index in [0.717, 1.165) is 0 Å². The molecule has 0 amide bonds. The fourth-order valence-corrected chi connectivity index (χ4v) is 2.81. The minimum atomic E-state index is -3.10. The van der Waals surface area contributed by atoms with Gasteiger partial charge < -0.3 is 15.2 Å². The molecule has 0 spiro atoms. The van der Waals surface area contributed by atoms with Crippen LogP contribution in [0.4, 0.5) is 5.69 Å². The molecule has 3 atom stereocenters. The van der Waals surface area contributed by atoms with Crippen molar-refractivity contribution in [3.63, 3.8) is 0 Å². The average Bonchev–Trinajstić information content (AvgIpc) is 2.43. The van der Waals surface area contributed by atoms with Crippen LogP contribution >= 0.6 is 8.25 Å². The van der Waals surface area contributed by atoms with Crippen LogP contribution in [0.25, 0.3) is 0 Å². The Morgan fingerprint density at radius 3 is 2.35 bits per heavy atom. The van der Waals surface area contributed by atoms with Crippen molar-refractivity contribution in [3.05, 3.63) is 39.9 Å². The molecule has 0 heterocycles. The monoisotopic (exact) mass is 302 g/mol. The number of nitrogens with two attached hydrogens (primary N) is 1. The predicted octanol–water partition coefficient (Wildman–Crippen LogP) is 2.34. The molecule has 8 heteroatoms. The third-order valence-corrected chi connectivity index (χ3v) is 3.88. The Hall–Kier alpha value is -1.27. The molecular formula is C12H19N2O5P. The second kappa shape index (κ2) is 6.95. The van der Waals surface area contributed by atoms with Gasteiger partial charge in [-0.25, -0.2) is 0 Å². The predicted molar refractivity (Wildman–Crippen MR) is 75.6 cm³/mol. The molecule has 1 rings (SSSR count). The molecule has 0 radical (unpaired) electrons.